The smallest absolute Gasteiger partial charge is 0.189 e. The molecule has 0 saturated carbocycles. The predicted molar refractivity (Wildman–Crippen MR) is 120 cm³/mol. The molecule has 2 heterocycles. The highest BCUT2D eigenvalue weighted by atomic mass is 16.1. The number of Topliss-reactive ketones (excluding diaryl/α,β-unsaturated/α-hetero) is 1. The van der Waals surface area contributed by atoms with E-state index in [4.69, 9.17) is 0 Å². The first-order chi connectivity index (χ1) is 14.3. The molecule has 2 bridgehead atoms. The van der Waals surface area contributed by atoms with Gasteiger partial charge in [0, 0.05) is 16.8 Å². The lowest BCUT2D eigenvalue weighted by Crippen LogP contribution is -2.46. The Morgan fingerprint density at radius 1 is 0.621 bits per heavy atom. The molecule has 0 aliphatic carbocycles. The van der Waals surface area contributed by atoms with Crippen LogP contribution >= 0.6 is 0 Å². The van der Waals surface area contributed by atoms with Crippen LogP contribution < -0.4 is 4.90 Å². The molecule has 2 atom stereocenters. The minimum atomic E-state index is 0.128. The largest absolute Gasteiger partial charge is 0.357 e. The first-order valence-electron chi connectivity index (χ1n) is 10.2. The molecule has 3 aromatic rings. The van der Waals surface area contributed by atoms with Crippen molar-refractivity contribution >= 4 is 23.6 Å². The molecule has 29 heavy (non-hydrogen) atoms. The Kier molecular flexibility index (Phi) is 4.61. The highest BCUT2D eigenvalue weighted by molar-refractivity contribution is 6.17. The van der Waals surface area contributed by atoms with Crippen LogP contribution in [0.3, 0.4) is 0 Å². The van der Waals surface area contributed by atoms with E-state index in [-0.39, 0.29) is 17.9 Å². The Hall–Kier alpha value is -3.39. The van der Waals surface area contributed by atoms with Crippen molar-refractivity contribution in [3.05, 3.63) is 113 Å². The zero-order valence-corrected chi connectivity index (χ0v) is 16.2. The van der Waals surface area contributed by atoms with Gasteiger partial charge in [0.2, 0.25) is 0 Å². The van der Waals surface area contributed by atoms with Crippen molar-refractivity contribution in [2.45, 2.75) is 24.9 Å². The second kappa shape index (κ2) is 7.56. The third kappa shape index (κ3) is 3.31. The zero-order valence-electron chi connectivity index (χ0n) is 16.2. The fourth-order valence-corrected chi connectivity index (χ4v) is 4.63. The van der Waals surface area contributed by atoms with E-state index in [1.54, 1.807) is 0 Å². The van der Waals surface area contributed by atoms with Crippen molar-refractivity contribution in [3.8, 4) is 0 Å². The first kappa shape index (κ1) is 17.7. The fraction of sp³-hybridized carbons (Fsp3) is 0.148. The minimum Gasteiger partial charge on any atom is -0.357 e. The molecule has 2 nitrogen and oxygen atoms in total. The molecule has 0 N–H and O–H groups in total. The van der Waals surface area contributed by atoms with Gasteiger partial charge >= 0.3 is 0 Å². The van der Waals surface area contributed by atoms with Crippen LogP contribution in [0.15, 0.2) is 102 Å². The number of para-hydroxylation sites is 1. The molecule has 2 saturated heterocycles. The first-order valence-corrected chi connectivity index (χ1v) is 10.2. The molecule has 0 spiro atoms. The van der Waals surface area contributed by atoms with Gasteiger partial charge in [0.25, 0.3) is 0 Å². The Bertz CT molecular complexity index is 1000. The Labute approximate surface area is 171 Å². The van der Waals surface area contributed by atoms with Crippen LogP contribution in [0.1, 0.15) is 24.0 Å². The maximum absolute atomic E-state index is 13.6. The summed E-state index contributed by atoms with van der Waals surface area (Å²) in [7, 11) is 0. The van der Waals surface area contributed by atoms with Crippen molar-refractivity contribution in [3.63, 3.8) is 0 Å². The summed E-state index contributed by atoms with van der Waals surface area (Å²) in [6, 6.07) is 31.1. The molecule has 5 rings (SSSR count). The van der Waals surface area contributed by atoms with Gasteiger partial charge in [-0.25, -0.2) is 0 Å². The molecule has 2 aliphatic heterocycles. The molecule has 3 aromatic carbocycles. The van der Waals surface area contributed by atoms with E-state index in [1.165, 1.54) is 5.69 Å². The van der Waals surface area contributed by atoms with Crippen molar-refractivity contribution in [2.75, 3.05) is 4.90 Å². The average molecular weight is 377 g/mol. The number of carbonyl (C=O) groups excluding carboxylic acids is 1. The summed E-state index contributed by atoms with van der Waals surface area (Å²) in [5.41, 5.74) is 5.14. The summed E-state index contributed by atoms with van der Waals surface area (Å²) in [5, 5.41) is 0. The number of fused-ring (bicyclic) bond motifs is 2. The van der Waals surface area contributed by atoms with E-state index in [9.17, 15) is 4.79 Å². The van der Waals surface area contributed by atoms with Crippen molar-refractivity contribution in [1.82, 2.24) is 0 Å². The summed E-state index contributed by atoms with van der Waals surface area (Å²) in [5.74, 6) is 0.192. The normalized spacial score (nSPS) is 23.7. The minimum absolute atomic E-state index is 0.128. The third-order valence-corrected chi connectivity index (χ3v) is 5.93. The molecule has 2 aliphatic rings. The Morgan fingerprint density at radius 3 is 1.48 bits per heavy atom. The molecule has 0 aromatic heterocycles. The highest BCUT2D eigenvalue weighted by Crippen LogP contribution is 2.44. The van der Waals surface area contributed by atoms with Crippen LogP contribution in [-0.2, 0) is 4.79 Å². The van der Waals surface area contributed by atoms with E-state index in [1.807, 2.05) is 42.5 Å². The molecular formula is C27H23NO. The number of anilines is 1. The molecule has 2 heteroatoms. The lowest BCUT2D eigenvalue weighted by molar-refractivity contribution is -0.112. The number of rotatable bonds is 3. The number of hydrogen-bond donors (Lipinski definition) is 0. The summed E-state index contributed by atoms with van der Waals surface area (Å²) < 4.78 is 0. The van der Waals surface area contributed by atoms with E-state index in [0.29, 0.717) is 0 Å². The topological polar surface area (TPSA) is 20.3 Å². The lowest BCUT2D eigenvalue weighted by Gasteiger charge is -2.39. The van der Waals surface area contributed by atoms with Gasteiger partial charge in [-0.3, -0.25) is 4.79 Å². The quantitative estimate of drug-likeness (QED) is 0.540. The second-order valence-electron chi connectivity index (χ2n) is 7.70. The summed E-state index contributed by atoms with van der Waals surface area (Å²) in [6.45, 7) is 0. The van der Waals surface area contributed by atoms with Gasteiger partial charge in [-0.2, -0.15) is 0 Å². The molecular weight excluding hydrogens is 354 g/mol. The van der Waals surface area contributed by atoms with E-state index in [2.05, 4.69) is 65.6 Å². The van der Waals surface area contributed by atoms with Crippen LogP contribution in [0.5, 0.6) is 0 Å². The molecule has 142 valence electrons. The third-order valence-electron chi connectivity index (χ3n) is 5.93. The van der Waals surface area contributed by atoms with E-state index in [0.717, 1.165) is 35.1 Å². The van der Waals surface area contributed by atoms with Crippen LogP contribution in [0.2, 0.25) is 0 Å². The Balaban J connectivity index is 1.65. The van der Waals surface area contributed by atoms with Crippen LogP contribution in [0, 0.1) is 0 Å². The number of hydrogen-bond acceptors (Lipinski definition) is 2. The van der Waals surface area contributed by atoms with Gasteiger partial charge in [0.1, 0.15) is 0 Å². The van der Waals surface area contributed by atoms with E-state index >= 15 is 0 Å². The summed E-state index contributed by atoms with van der Waals surface area (Å²) >= 11 is 0. The van der Waals surface area contributed by atoms with Crippen molar-refractivity contribution < 1.29 is 4.79 Å². The van der Waals surface area contributed by atoms with E-state index < -0.39 is 0 Å². The maximum atomic E-state index is 13.6. The van der Waals surface area contributed by atoms with Crippen LogP contribution in [0.4, 0.5) is 5.69 Å². The number of benzene rings is 3. The van der Waals surface area contributed by atoms with Gasteiger partial charge < -0.3 is 4.90 Å². The monoisotopic (exact) mass is 377 g/mol. The molecule has 0 unspecified atom stereocenters. The summed E-state index contributed by atoms with van der Waals surface area (Å²) in [4.78, 5) is 16.1. The van der Waals surface area contributed by atoms with Crippen LogP contribution in [-0.4, -0.2) is 17.9 Å². The van der Waals surface area contributed by atoms with Gasteiger partial charge in [-0.05, 0) is 48.3 Å². The van der Waals surface area contributed by atoms with Crippen LogP contribution in [0.25, 0.3) is 12.2 Å². The fourth-order valence-electron chi connectivity index (χ4n) is 4.63. The number of nitrogens with zero attached hydrogens (tertiary/aromatic N) is 1. The Morgan fingerprint density at radius 2 is 1.03 bits per heavy atom. The molecule has 0 radical (unpaired) electrons. The second-order valence-corrected chi connectivity index (χ2v) is 7.70. The maximum Gasteiger partial charge on any atom is 0.189 e. The SMILES string of the molecule is O=C1/C(=C/c2ccccc2)[C@H]2CC[C@@H](/C1=C\c1ccccc1)N2c1ccccc1. The lowest BCUT2D eigenvalue weighted by atomic mass is 9.87. The van der Waals surface area contributed by atoms with Crippen molar-refractivity contribution in [2.24, 2.45) is 0 Å². The van der Waals surface area contributed by atoms with Gasteiger partial charge in [-0.1, -0.05) is 78.9 Å². The standard InChI is InChI=1S/C27H23NO/c29-27-23(18-20-10-4-1-5-11-20)25-16-17-26(28(25)22-14-8-3-9-15-22)24(27)19-21-12-6-2-7-13-21/h1-15,18-19,25-26H,16-17H2/b23-18+,24-19+/t25-,26+. The van der Waals surface area contributed by atoms with Crippen molar-refractivity contribution in [1.29, 1.82) is 0 Å². The highest BCUT2D eigenvalue weighted by Gasteiger charge is 2.46. The molecule has 2 fully saturated rings. The zero-order chi connectivity index (χ0) is 19.6. The average Bonchev–Trinajstić information content (AvgIpc) is 3.16. The number of carbonyl (C=O) groups is 1. The number of ketones is 1. The van der Waals surface area contributed by atoms with Gasteiger partial charge in [0.15, 0.2) is 5.78 Å². The van der Waals surface area contributed by atoms with Gasteiger partial charge in [0.05, 0.1) is 12.1 Å². The number of piperidine rings is 1. The summed E-state index contributed by atoms with van der Waals surface area (Å²) in [6.07, 6.45) is 6.17. The predicted octanol–water partition coefficient (Wildman–Crippen LogP) is 5.77. The molecule has 0 amide bonds. The van der Waals surface area contributed by atoms with Gasteiger partial charge in [-0.15, -0.1) is 0 Å².